The third kappa shape index (κ3) is 7.52. The lowest BCUT2D eigenvalue weighted by Crippen LogP contribution is -2.15. The van der Waals surface area contributed by atoms with E-state index in [9.17, 15) is 29.8 Å². The van der Waals surface area contributed by atoms with Crippen molar-refractivity contribution in [3.05, 3.63) is 104 Å². The van der Waals surface area contributed by atoms with Gasteiger partial charge in [0.25, 0.3) is 0 Å². The predicted octanol–water partition coefficient (Wildman–Crippen LogP) is 3.75. The highest BCUT2D eigenvalue weighted by Gasteiger charge is 2.16. The first kappa shape index (κ1) is 25.6. The molecule has 0 saturated carbocycles. The zero-order chi connectivity index (χ0) is 25.9. The Morgan fingerprint density at radius 2 is 0.972 bits per heavy atom. The number of hydrogen-bond acceptors (Lipinski definition) is 10. The van der Waals surface area contributed by atoms with Gasteiger partial charge in [-0.2, -0.15) is 0 Å². The van der Waals surface area contributed by atoms with Crippen LogP contribution in [-0.2, 0) is 32.3 Å². The molecule has 0 unspecified atom stereocenters. The van der Waals surface area contributed by atoms with Crippen molar-refractivity contribution < 1.29 is 38.4 Å². The molecule has 0 spiro atoms. The maximum absolute atomic E-state index is 11.9. The van der Waals surface area contributed by atoms with Crippen LogP contribution in [0.3, 0.4) is 0 Å². The minimum Gasteiger partial charge on any atom is -0.475 e. The van der Waals surface area contributed by atoms with Gasteiger partial charge in [-0.15, -0.1) is 0 Å². The van der Waals surface area contributed by atoms with E-state index in [0.717, 1.165) is 0 Å². The molecule has 0 radical (unpaired) electrons. The van der Waals surface area contributed by atoms with Crippen molar-refractivity contribution in [2.45, 2.75) is 13.2 Å². The molecule has 0 amide bonds. The number of para-hydroxylation sites is 4. The Balaban J connectivity index is 1.39. The second-order valence-electron chi connectivity index (χ2n) is 7.16. The Bertz CT molecular complexity index is 1150. The fourth-order valence-corrected chi connectivity index (χ4v) is 2.88. The van der Waals surface area contributed by atoms with Crippen molar-refractivity contribution in [3.63, 3.8) is 0 Å². The molecule has 0 atom stereocenters. The number of nitro benzene ring substituents is 2. The SMILES string of the molecule is O=C(COc1ccccc1[N+](=O)[O-])OCc1ccc(COC(=O)COc2ccccc2[N+](=O)[O-])cc1. The Morgan fingerprint density at radius 1 is 0.611 bits per heavy atom. The monoisotopic (exact) mass is 496 g/mol. The third-order valence-electron chi connectivity index (χ3n) is 4.64. The van der Waals surface area contributed by atoms with Crippen LogP contribution in [0.25, 0.3) is 0 Å². The van der Waals surface area contributed by atoms with E-state index in [1.54, 1.807) is 36.4 Å². The summed E-state index contributed by atoms with van der Waals surface area (Å²) < 4.78 is 20.6. The maximum atomic E-state index is 11.9. The summed E-state index contributed by atoms with van der Waals surface area (Å²) in [5.41, 5.74) is 0.803. The number of nitrogens with zero attached hydrogens (tertiary/aromatic N) is 2. The van der Waals surface area contributed by atoms with Crippen molar-refractivity contribution in [2.24, 2.45) is 0 Å². The maximum Gasteiger partial charge on any atom is 0.344 e. The van der Waals surface area contributed by atoms with Crippen molar-refractivity contribution in [1.29, 1.82) is 0 Å². The number of hydrogen-bond donors (Lipinski definition) is 0. The fourth-order valence-electron chi connectivity index (χ4n) is 2.88. The van der Waals surface area contributed by atoms with Gasteiger partial charge in [-0.25, -0.2) is 9.59 Å². The highest BCUT2D eigenvalue weighted by atomic mass is 16.6. The van der Waals surface area contributed by atoms with Gasteiger partial charge in [-0.3, -0.25) is 20.2 Å². The number of rotatable bonds is 12. The minimum atomic E-state index is -0.704. The summed E-state index contributed by atoms with van der Waals surface area (Å²) in [5.74, 6) is -1.48. The third-order valence-corrected chi connectivity index (χ3v) is 4.64. The zero-order valence-corrected chi connectivity index (χ0v) is 18.7. The largest absolute Gasteiger partial charge is 0.475 e. The number of nitro groups is 2. The molecule has 0 N–H and O–H groups in total. The zero-order valence-electron chi connectivity index (χ0n) is 18.7. The molecule has 0 bridgehead atoms. The quantitative estimate of drug-likeness (QED) is 0.205. The Kier molecular flexibility index (Phi) is 8.87. The number of ether oxygens (including phenoxy) is 4. The first-order valence-corrected chi connectivity index (χ1v) is 10.4. The van der Waals surface area contributed by atoms with Crippen molar-refractivity contribution in [3.8, 4) is 11.5 Å². The van der Waals surface area contributed by atoms with E-state index in [1.165, 1.54) is 36.4 Å². The highest BCUT2D eigenvalue weighted by Crippen LogP contribution is 2.26. The topological polar surface area (TPSA) is 157 Å². The molecule has 0 aliphatic rings. The standard InChI is InChI=1S/C24H20N2O10/c27-23(15-33-21-7-3-1-5-19(21)25(29)30)35-13-17-9-11-18(12-10-17)14-36-24(28)16-34-22-8-4-2-6-20(22)26(31)32/h1-12H,13-16H2. The van der Waals surface area contributed by atoms with Crippen molar-refractivity contribution in [1.82, 2.24) is 0 Å². The molecule has 186 valence electrons. The van der Waals surface area contributed by atoms with Crippen LogP contribution in [0, 0.1) is 20.2 Å². The number of carbonyl (C=O) groups is 2. The van der Waals surface area contributed by atoms with Gasteiger partial charge in [0.1, 0.15) is 13.2 Å². The van der Waals surface area contributed by atoms with Gasteiger partial charge >= 0.3 is 23.3 Å². The normalized spacial score (nSPS) is 10.2. The van der Waals surface area contributed by atoms with Crippen LogP contribution in [0.2, 0.25) is 0 Å². The van der Waals surface area contributed by atoms with Gasteiger partial charge in [0, 0.05) is 12.1 Å². The lowest BCUT2D eigenvalue weighted by molar-refractivity contribution is -0.386. The van der Waals surface area contributed by atoms with Crippen LogP contribution in [0.4, 0.5) is 11.4 Å². The lowest BCUT2D eigenvalue weighted by atomic mass is 10.1. The van der Waals surface area contributed by atoms with Gasteiger partial charge in [0.15, 0.2) is 24.7 Å². The van der Waals surface area contributed by atoms with Gasteiger partial charge in [0.2, 0.25) is 0 Å². The second-order valence-corrected chi connectivity index (χ2v) is 7.16. The molecule has 12 heteroatoms. The van der Waals surface area contributed by atoms with Crippen molar-refractivity contribution in [2.75, 3.05) is 13.2 Å². The van der Waals surface area contributed by atoms with Gasteiger partial charge in [-0.1, -0.05) is 48.5 Å². The van der Waals surface area contributed by atoms with Gasteiger partial charge in [0.05, 0.1) is 9.85 Å². The molecular weight excluding hydrogens is 476 g/mol. The molecule has 3 rings (SSSR count). The van der Waals surface area contributed by atoms with Gasteiger partial charge in [-0.05, 0) is 23.3 Å². The van der Waals surface area contributed by atoms with E-state index in [1.807, 2.05) is 0 Å². The number of carbonyl (C=O) groups excluding carboxylic acids is 2. The number of esters is 2. The van der Waals surface area contributed by atoms with Crippen LogP contribution < -0.4 is 9.47 Å². The van der Waals surface area contributed by atoms with E-state index in [0.29, 0.717) is 11.1 Å². The summed E-state index contributed by atoms with van der Waals surface area (Å²) in [6, 6.07) is 18.1. The average molecular weight is 496 g/mol. The fraction of sp³-hybridized carbons (Fsp3) is 0.167. The summed E-state index contributed by atoms with van der Waals surface area (Å²) >= 11 is 0. The predicted molar refractivity (Wildman–Crippen MR) is 123 cm³/mol. The summed E-state index contributed by atoms with van der Waals surface area (Å²) in [6.45, 7) is -1.09. The summed E-state index contributed by atoms with van der Waals surface area (Å²) in [4.78, 5) is 44.5. The first-order valence-electron chi connectivity index (χ1n) is 10.4. The summed E-state index contributed by atoms with van der Waals surface area (Å²) in [6.07, 6.45) is 0. The van der Waals surface area contributed by atoms with E-state index in [2.05, 4.69) is 0 Å². The van der Waals surface area contributed by atoms with E-state index in [-0.39, 0.29) is 36.1 Å². The van der Waals surface area contributed by atoms with Crippen molar-refractivity contribution >= 4 is 23.3 Å². The molecule has 0 aliphatic carbocycles. The molecule has 0 fully saturated rings. The van der Waals surface area contributed by atoms with E-state index >= 15 is 0 Å². The van der Waals surface area contributed by atoms with Crippen LogP contribution in [0.15, 0.2) is 72.8 Å². The first-order chi connectivity index (χ1) is 17.3. The average Bonchev–Trinajstić information content (AvgIpc) is 2.89. The van der Waals surface area contributed by atoms with Gasteiger partial charge < -0.3 is 18.9 Å². The Hall–Kier alpha value is -5.00. The lowest BCUT2D eigenvalue weighted by Gasteiger charge is -2.09. The molecular formula is C24H20N2O10. The second kappa shape index (κ2) is 12.5. The molecule has 12 nitrogen and oxygen atoms in total. The van der Waals surface area contributed by atoms with E-state index in [4.69, 9.17) is 18.9 Å². The molecule has 3 aromatic carbocycles. The summed E-state index contributed by atoms with van der Waals surface area (Å²) in [7, 11) is 0. The Labute approximate surface area is 204 Å². The van der Waals surface area contributed by atoms with Crippen LogP contribution in [0.1, 0.15) is 11.1 Å². The smallest absolute Gasteiger partial charge is 0.344 e. The molecule has 0 aliphatic heterocycles. The molecule has 0 saturated heterocycles. The minimum absolute atomic E-state index is 0.0364. The molecule has 36 heavy (non-hydrogen) atoms. The van der Waals surface area contributed by atoms with Crippen LogP contribution >= 0.6 is 0 Å². The van der Waals surface area contributed by atoms with Crippen LogP contribution in [0.5, 0.6) is 11.5 Å². The summed E-state index contributed by atoms with van der Waals surface area (Å²) in [5, 5.41) is 21.9. The Morgan fingerprint density at radius 3 is 1.33 bits per heavy atom. The van der Waals surface area contributed by atoms with E-state index < -0.39 is 35.0 Å². The van der Waals surface area contributed by atoms with Crippen LogP contribution in [-0.4, -0.2) is 35.0 Å². The molecule has 3 aromatic rings. The molecule has 0 aromatic heterocycles. The number of benzene rings is 3. The molecule has 0 heterocycles. The highest BCUT2D eigenvalue weighted by molar-refractivity contribution is 5.72.